The highest BCUT2D eigenvalue weighted by atomic mass is 19.2. The van der Waals surface area contributed by atoms with Crippen LogP contribution in [0.3, 0.4) is 0 Å². The Morgan fingerprint density at radius 3 is 1.80 bits per heavy atom. The van der Waals surface area contributed by atoms with Gasteiger partial charge in [0.15, 0.2) is 5.70 Å². The second kappa shape index (κ2) is 19.6. The lowest BCUT2D eigenvalue weighted by Gasteiger charge is -2.34. The zero-order valence-corrected chi connectivity index (χ0v) is 46.7. The van der Waals surface area contributed by atoms with Gasteiger partial charge < -0.3 is 36.2 Å². The Labute approximate surface area is 470 Å². The number of pyridine rings is 1. The van der Waals surface area contributed by atoms with Crippen LogP contribution < -0.4 is 15.9 Å². The Kier molecular flexibility index (Phi) is 12.7. The summed E-state index contributed by atoms with van der Waals surface area (Å²) in [6.45, 7) is 10.4. The van der Waals surface area contributed by atoms with E-state index in [1.807, 2.05) is 30.3 Å². The van der Waals surface area contributed by atoms with Crippen LogP contribution in [-0.2, 0) is 44.2 Å². The average molecular weight is 1100 g/mol. The molecule has 10 aromatic rings. The number of benzene rings is 7. The summed E-state index contributed by atoms with van der Waals surface area (Å²) in [4.78, 5) is 71.1. The van der Waals surface area contributed by atoms with Crippen molar-refractivity contribution >= 4 is 79.6 Å². The molecule has 0 amide bonds. The Morgan fingerprint density at radius 1 is 0.634 bits per heavy atom. The molecule has 410 valence electrons. The van der Waals surface area contributed by atoms with E-state index in [4.69, 9.17) is 18.6 Å². The van der Waals surface area contributed by atoms with Crippen molar-refractivity contribution in [3.63, 3.8) is 0 Å². The summed E-state index contributed by atoms with van der Waals surface area (Å²) in [6, 6.07) is 42.5. The molecule has 12 rings (SSSR count). The topological polar surface area (TPSA) is 139 Å². The van der Waals surface area contributed by atoms with E-state index >= 15 is 8.63 Å². The molecular weight excluding hydrogens is 1040 g/mol. The van der Waals surface area contributed by atoms with Crippen LogP contribution in [0.5, 0.6) is 5.75 Å². The van der Waals surface area contributed by atoms with E-state index in [1.165, 1.54) is 19.4 Å². The fourth-order valence-corrected chi connectivity index (χ4v) is 12.4. The fourth-order valence-electron chi connectivity index (χ4n) is 12.4. The number of hydrogen-bond acceptors (Lipinski definition) is 9. The highest BCUT2D eigenvalue weighted by Gasteiger charge is 2.58. The van der Waals surface area contributed by atoms with Crippen LogP contribution in [0.1, 0.15) is 95.3 Å². The van der Waals surface area contributed by atoms with E-state index in [2.05, 4.69) is 51.1 Å². The van der Waals surface area contributed by atoms with Gasteiger partial charge in [0, 0.05) is 45.1 Å². The van der Waals surface area contributed by atoms with Crippen molar-refractivity contribution in [3.05, 3.63) is 233 Å². The minimum Gasteiger partial charge on any atom is -0.457 e. The standard InChI is InChI=1S/C67H56BF2N3O9/c1-36-30-47(81-54(74)33-71-63(75)49-26-25-48-51-32-45(44-20-23-46(24-21-44)67(7,8)9)22-28-52(51)82-53-29-27-50(64(71)76)58(49)59(48)53)31-37(2)55(36)60-61-38(3)56(65(77)79-34-42-16-12-10-13-17-42)40(5)72(61)68(69,70)73-41(6)57(39(4)62(60)73)66(78)80-35-43-18-14-11-15-19-43/h10-32H,33-35H2,1-9H3. The first-order chi connectivity index (χ1) is 39.1. The van der Waals surface area contributed by atoms with Crippen molar-refractivity contribution in [3.8, 4) is 16.9 Å². The van der Waals surface area contributed by atoms with Crippen molar-refractivity contribution in [2.45, 2.75) is 87.5 Å². The van der Waals surface area contributed by atoms with Gasteiger partial charge in [-0.1, -0.05) is 118 Å². The Balaban J connectivity index is 0.908. The molecule has 0 radical (unpaired) electrons. The second-order valence-corrected chi connectivity index (χ2v) is 22.5. The summed E-state index contributed by atoms with van der Waals surface area (Å²) >= 11 is 0. The Hall–Kier alpha value is -9.50. The smallest absolute Gasteiger partial charge is 0.457 e. The van der Waals surface area contributed by atoms with Gasteiger partial charge in [0.2, 0.25) is 0 Å². The highest BCUT2D eigenvalue weighted by Crippen LogP contribution is 2.49. The molecule has 2 aliphatic heterocycles. The first-order valence-corrected chi connectivity index (χ1v) is 27.1. The van der Waals surface area contributed by atoms with Gasteiger partial charge >= 0.3 is 24.9 Å². The van der Waals surface area contributed by atoms with Crippen molar-refractivity contribution < 1.29 is 46.1 Å². The molecule has 0 spiro atoms. The molecule has 5 heterocycles. The first kappa shape index (κ1) is 53.2. The van der Waals surface area contributed by atoms with E-state index in [1.54, 1.807) is 107 Å². The third kappa shape index (κ3) is 8.56. The van der Waals surface area contributed by atoms with Gasteiger partial charge in [-0.15, -0.1) is 0 Å². The predicted molar refractivity (Wildman–Crippen MR) is 315 cm³/mol. The molecule has 82 heavy (non-hydrogen) atoms. The number of rotatable bonds is 11. The maximum atomic E-state index is 17.8. The molecule has 0 saturated heterocycles. The van der Waals surface area contributed by atoms with Crippen molar-refractivity contribution in [2.75, 3.05) is 0 Å². The molecule has 0 bridgehead atoms. The van der Waals surface area contributed by atoms with E-state index in [-0.39, 0.29) is 80.2 Å². The normalized spacial score (nSPS) is 14.1. The highest BCUT2D eigenvalue weighted by molar-refractivity contribution is 6.59. The third-order valence-corrected chi connectivity index (χ3v) is 16.2. The van der Waals surface area contributed by atoms with E-state index in [9.17, 15) is 24.0 Å². The Morgan fingerprint density at radius 2 is 1.20 bits per heavy atom. The summed E-state index contributed by atoms with van der Waals surface area (Å²) in [5, 5.41) is 3.11. The first-order valence-electron chi connectivity index (χ1n) is 27.1. The fraction of sp³-hybridized carbons (Fsp3) is 0.194. The van der Waals surface area contributed by atoms with Gasteiger partial charge in [0.1, 0.15) is 48.0 Å². The lowest BCUT2D eigenvalue weighted by molar-refractivity contribution is -0.363. The molecule has 0 aliphatic carbocycles. The number of carbonyl (C=O) groups excluding carboxylic acids is 3. The van der Waals surface area contributed by atoms with Crippen LogP contribution in [0, 0.1) is 27.7 Å². The average Bonchev–Trinajstić information content (AvgIpc) is 1.63. The minimum atomic E-state index is -4.78. The SMILES string of the molecule is CC1=C(C(=O)OCc2ccccc2)C(C)=[N+]2C1=C(c1c(C)cc(OC(=O)Cn3c(=O)c4ccc5oc6ccc(-c7ccc(C(C)(C)C)cc7)cc6c6ccc(c3=O)c4c56)cc1C)c1c(C)c(C(=O)OCc3ccccc3)c(C)n1[B-]2(F)F. The largest absolute Gasteiger partial charge is 0.737 e. The van der Waals surface area contributed by atoms with Crippen molar-refractivity contribution in [2.24, 2.45) is 0 Å². The number of ether oxygens (including phenoxy) is 3. The quantitative estimate of drug-likeness (QED) is 0.0407. The van der Waals surface area contributed by atoms with Crippen molar-refractivity contribution in [1.29, 1.82) is 0 Å². The third-order valence-electron chi connectivity index (χ3n) is 16.2. The van der Waals surface area contributed by atoms with Crippen LogP contribution in [0.2, 0.25) is 0 Å². The number of aryl methyl sites for hydroxylation is 2. The molecule has 0 atom stereocenters. The molecule has 0 fully saturated rings. The van der Waals surface area contributed by atoms with Crippen LogP contribution in [0.15, 0.2) is 170 Å². The van der Waals surface area contributed by atoms with Gasteiger partial charge in [0.05, 0.1) is 11.1 Å². The summed E-state index contributed by atoms with van der Waals surface area (Å²) in [7, 11) is 0. The van der Waals surface area contributed by atoms with Gasteiger partial charge in [-0.3, -0.25) is 14.2 Å². The number of esters is 3. The van der Waals surface area contributed by atoms with Gasteiger partial charge in [-0.05, 0) is 144 Å². The minimum absolute atomic E-state index is 0.00293. The number of hydrogen-bond donors (Lipinski definition) is 0. The summed E-state index contributed by atoms with van der Waals surface area (Å²) < 4.78 is 62.1. The molecule has 3 aromatic heterocycles. The van der Waals surface area contributed by atoms with Gasteiger partial charge in [0.25, 0.3) is 11.1 Å². The van der Waals surface area contributed by atoms with Gasteiger partial charge in [-0.25, -0.2) is 14.4 Å². The zero-order chi connectivity index (χ0) is 57.8. The number of carbonyl (C=O) groups is 3. The molecule has 0 unspecified atom stereocenters. The molecular formula is C67H56BF2N3O9. The summed E-state index contributed by atoms with van der Waals surface area (Å²) in [5.41, 5.74) is 6.62. The molecule has 15 heteroatoms. The molecule has 12 nitrogen and oxygen atoms in total. The molecule has 2 aliphatic rings. The van der Waals surface area contributed by atoms with E-state index in [0.29, 0.717) is 55.3 Å². The van der Waals surface area contributed by atoms with E-state index < -0.39 is 42.5 Å². The second-order valence-electron chi connectivity index (χ2n) is 22.5. The summed E-state index contributed by atoms with van der Waals surface area (Å²) in [5.74, 6) is -2.42. The van der Waals surface area contributed by atoms with Crippen LogP contribution >= 0.6 is 0 Å². The lowest BCUT2D eigenvalue weighted by Crippen LogP contribution is -2.52. The number of halogens is 2. The summed E-state index contributed by atoms with van der Waals surface area (Å²) in [6.07, 6.45) is 0. The van der Waals surface area contributed by atoms with Crippen LogP contribution in [-0.4, -0.2) is 44.1 Å². The Bertz CT molecular complexity index is 4560. The van der Waals surface area contributed by atoms with Crippen LogP contribution in [0.25, 0.3) is 60.2 Å². The monoisotopic (exact) mass is 1100 g/mol. The van der Waals surface area contributed by atoms with Gasteiger partial charge in [-0.2, -0.15) is 0 Å². The molecule has 0 N–H and O–H groups in total. The molecule has 7 aromatic carbocycles. The molecule has 0 saturated carbocycles. The van der Waals surface area contributed by atoms with E-state index in [0.717, 1.165) is 35.4 Å². The van der Waals surface area contributed by atoms with Crippen LogP contribution in [0.4, 0.5) is 8.63 Å². The maximum Gasteiger partial charge on any atom is 0.737 e. The van der Waals surface area contributed by atoms with Crippen molar-refractivity contribution in [1.82, 2.24) is 9.05 Å². The maximum absolute atomic E-state index is 17.8. The number of fused-ring (bicyclic) bond motifs is 4. The zero-order valence-electron chi connectivity index (χ0n) is 46.7. The number of aromatic nitrogens is 2. The lowest BCUT2D eigenvalue weighted by atomic mass is 9.81. The number of nitrogens with zero attached hydrogens (tertiary/aromatic N) is 3. The predicted octanol–water partition coefficient (Wildman–Crippen LogP) is 13.4. The number of allylic oxidation sites excluding steroid dienone is 1.